The third-order valence-electron chi connectivity index (χ3n) is 2.29. The molecular weight excluding hydrogens is 216 g/mol. The van der Waals surface area contributed by atoms with Crippen LogP contribution in [0.2, 0.25) is 0 Å². The summed E-state index contributed by atoms with van der Waals surface area (Å²) in [5.74, 6) is 0. The lowest BCUT2D eigenvalue weighted by molar-refractivity contribution is 1.11. The zero-order valence-corrected chi connectivity index (χ0v) is 12.2. The third-order valence-corrected chi connectivity index (χ3v) is 2.29. The second-order valence-corrected chi connectivity index (χ2v) is 4.48. The van der Waals surface area contributed by atoms with Gasteiger partial charge >= 0.3 is 0 Å². The first-order valence-corrected chi connectivity index (χ1v) is 6.57. The first kappa shape index (κ1) is 16.4. The minimum atomic E-state index is 1.01. The minimum absolute atomic E-state index is 1.01. The van der Waals surface area contributed by atoms with Gasteiger partial charge in [0, 0.05) is 0 Å². The second kappa shape index (κ2) is 10.6. The molecule has 0 aliphatic carbocycles. The predicted octanol–water partition coefficient (Wildman–Crippen LogP) is 5.86. The molecular formula is C18H26. The third kappa shape index (κ3) is 9.65. The van der Waals surface area contributed by atoms with Crippen molar-refractivity contribution in [3.05, 3.63) is 71.8 Å². The molecule has 0 nitrogen and oxygen atoms in total. The molecule has 0 bridgehead atoms. The molecule has 18 heavy (non-hydrogen) atoms. The second-order valence-electron chi connectivity index (χ2n) is 4.48. The van der Waals surface area contributed by atoms with Gasteiger partial charge < -0.3 is 0 Å². The van der Waals surface area contributed by atoms with Crippen LogP contribution in [0.4, 0.5) is 0 Å². The van der Waals surface area contributed by atoms with Gasteiger partial charge in [0.2, 0.25) is 0 Å². The molecule has 0 heteroatoms. The average molecular weight is 242 g/mol. The standard InChI is InChI=1S/C11H18.C7H8/c1-5-7-11(8-6-2)9-10(3)4;1-7-5-3-2-4-6-7/h5,7-8H,3,6,9H2,1-2,4H3;2-6H,1H3/b7-5-,11-8+;. The van der Waals surface area contributed by atoms with E-state index < -0.39 is 0 Å². The van der Waals surface area contributed by atoms with E-state index in [4.69, 9.17) is 0 Å². The molecule has 0 radical (unpaired) electrons. The summed E-state index contributed by atoms with van der Waals surface area (Å²) in [5, 5.41) is 0. The van der Waals surface area contributed by atoms with Gasteiger partial charge in [-0.2, -0.15) is 0 Å². The molecule has 0 N–H and O–H groups in total. The lowest BCUT2D eigenvalue weighted by Crippen LogP contribution is -1.79. The van der Waals surface area contributed by atoms with Crippen molar-refractivity contribution in [1.29, 1.82) is 0 Å². The van der Waals surface area contributed by atoms with Crippen LogP contribution in [0.1, 0.15) is 39.2 Å². The molecule has 1 rings (SSSR count). The maximum Gasteiger partial charge on any atom is -0.00759 e. The van der Waals surface area contributed by atoms with Crippen molar-refractivity contribution < 1.29 is 0 Å². The molecule has 0 atom stereocenters. The van der Waals surface area contributed by atoms with Crippen molar-refractivity contribution >= 4 is 0 Å². The topological polar surface area (TPSA) is 0 Å². The highest BCUT2D eigenvalue weighted by atomic mass is 14.0. The van der Waals surface area contributed by atoms with Crippen LogP contribution >= 0.6 is 0 Å². The van der Waals surface area contributed by atoms with Crippen molar-refractivity contribution in [3.8, 4) is 0 Å². The summed E-state index contributed by atoms with van der Waals surface area (Å²) in [4.78, 5) is 0. The lowest BCUT2D eigenvalue weighted by atomic mass is 10.1. The molecule has 0 amide bonds. The molecule has 0 aliphatic rings. The first-order valence-electron chi connectivity index (χ1n) is 6.57. The van der Waals surface area contributed by atoms with E-state index in [1.165, 1.54) is 16.7 Å². The Bertz CT molecular complexity index is 380. The summed E-state index contributed by atoms with van der Waals surface area (Å²) in [7, 11) is 0. The van der Waals surface area contributed by atoms with Crippen LogP contribution in [0.3, 0.4) is 0 Å². The van der Waals surface area contributed by atoms with Gasteiger partial charge in [-0.25, -0.2) is 0 Å². The Labute approximate surface area is 113 Å². The molecule has 0 aliphatic heterocycles. The summed E-state index contributed by atoms with van der Waals surface area (Å²) in [6.07, 6.45) is 8.59. The molecule has 0 spiro atoms. The van der Waals surface area contributed by atoms with E-state index in [2.05, 4.69) is 57.7 Å². The fourth-order valence-electron chi connectivity index (χ4n) is 1.56. The number of allylic oxidation sites excluding steroid dienone is 5. The van der Waals surface area contributed by atoms with Crippen molar-refractivity contribution in [2.45, 2.75) is 40.5 Å². The summed E-state index contributed by atoms with van der Waals surface area (Å²) < 4.78 is 0. The normalized spacial score (nSPS) is 11.0. The van der Waals surface area contributed by atoms with E-state index in [1.54, 1.807) is 0 Å². The number of rotatable bonds is 4. The van der Waals surface area contributed by atoms with Crippen LogP contribution in [0.5, 0.6) is 0 Å². The van der Waals surface area contributed by atoms with Crippen LogP contribution in [0.25, 0.3) is 0 Å². The minimum Gasteiger partial charge on any atom is -0.0998 e. The fraction of sp³-hybridized carbons (Fsp3) is 0.333. The molecule has 0 aromatic heterocycles. The Morgan fingerprint density at radius 3 is 2.17 bits per heavy atom. The Morgan fingerprint density at radius 1 is 1.22 bits per heavy atom. The molecule has 0 fully saturated rings. The SMILES string of the molecule is C=C(C)CC(/C=C\C)=C/CC.Cc1ccccc1. The number of aryl methyl sites for hydroxylation is 1. The Hall–Kier alpha value is -1.56. The highest BCUT2D eigenvalue weighted by Gasteiger charge is 1.90. The van der Waals surface area contributed by atoms with E-state index >= 15 is 0 Å². The molecule has 1 aromatic carbocycles. The predicted molar refractivity (Wildman–Crippen MR) is 83.8 cm³/mol. The van der Waals surface area contributed by atoms with Crippen molar-refractivity contribution in [3.63, 3.8) is 0 Å². The average Bonchev–Trinajstić information content (AvgIpc) is 2.30. The van der Waals surface area contributed by atoms with Gasteiger partial charge in [-0.05, 0) is 39.2 Å². The van der Waals surface area contributed by atoms with Gasteiger partial charge in [0.05, 0.1) is 0 Å². The maximum atomic E-state index is 3.88. The molecule has 0 saturated carbocycles. The maximum absolute atomic E-state index is 3.88. The summed E-state index contributed by atoms with van der Waals surface area (Å²) in [6.45, 7) is 12.2. The number of benzene rings is 1. The Balaban J connectivity index is 0.000000351. The van der Waals surface area contributed by atoms with Gasteiger partial charge in [0.25, 0.3) is 0 Å². The summed E-state index contributed by atoms with van der Waals surface area (Å²) in [6, 6.07) is 10.3. The van der Waals surface area contributed by atoms with Gasteiger partial charge in [0.15, 0.2) is 0 Å². The van der Waals surface area contributed by atoms with E-state index in [9.17, 15) is 0 Å². The molecule has 0 heterocycles. The van der Waals surface area contributed by atoms with E-state index in [-0.39, 0.29) is 0 Å². The van der Waals surface area contributed by atoms with Crippen LogP contribution in [-0.4, -0.2) is 0 Å². The van der Waals surface area contributed by atoms with E-state index in [0.717, 1.165) is 12.8 Å². The lowest BCUT2D eigenvalue weighted by Gasteiger charge is -1.99. The molecule has 98 valence electrons. The molecule has 0 saturated heterocycles. The summed E-state index contributed by atoms with van der Waals surface area (Å²) >= 11 is 0. The van der Waals surface area contributed by atoms with Gasteiger partial charge in [-0.1, -0.05) is 73.2 Å². The zero-order valence-electron chi connectivity index (χ0n) is 12.2. The monoisotopic (exact) mass is 242 g/mol. The van der Waals surface area contributed by atoms with Crippen molar-refractivity contribution in [2.75, 3.05) is 0 Å². The quantitative estimate of drug-likeness (QED) is 0.458. The highest BCUT2D eigenvalue weighted by Crippen LogP contribution is 2.10. The molecule has 0 unspecified atom stereocenters. The zero-order chi connectivity index (χ0) is 13.8. The van der Waals surface area contributed by atoms with Crippen LogP contribution < -0.4 is 0 Å². The largest absolute Gasteiger partial charge is 0.0998 e. The Morgan fingerprint density at radius 2 is 1.83 bits per heavy atom. The van der Waals surface area contributed by atoms with Crippen molar-refractivity contribution in [1.82, 2.24) is 0 Å². The van der Waals surface area contributed by atoms with Gasteiger partial charge in [-0.3, -0.25) is 0 Å². The summed E-state index contributed by atoms with van der Waals surface area (Å²) in [5.41, 5.74) is 3.92. The Kier molecular flexibility index (Phi) is 9.67. The van der Waals surface area contributed by atoms with E-state index in [0.29, 0.717) is 0 Å². The van der Waals surface area contributed by atoms with Gasteiger partial charge in [0.1, 0.15) is 0 Å². The highest BCUT2D eigenvalue weighted by molar-refractivity contribution is 5.23. The van der Waals surface area contributed by atoms with E-state index in [1.807, 2.05) is 25.1 Å². The number of hydrogen-bond acceptors (Lipinski definition) is 0. The van der Waals surface area contributed by atoms with Crippen molar-refractivity contribution in [2.24, 2.45) is 0 Å². The van der Waals surface area contributed by atoms with Crippen LogP contribution in [-0.2, 0) is 0 Å². The fourth-order valence-corrected chi connectivity index (χ4v) is 1.56. The smallest absolute Gasteiger partial charge is 0.00759 e. The first-order chi connectivity index (χ1) is 8.60. The van der Waals surface area contributed by atoms with Crippen LogP contribution in [0.15, 0.2) is 66.3 Å². The molecule has 1 aromatic rings. The number of hydrogen-bond donors (Lipinski definition) is 0. The van der Waals surface area contributed by atoms with Gasteiger partial charge in [-0.15, -0.1) is 0 Å². The van der Waals surface area contributed by atoms with Crippen LogP contribution in [0, 0.1) is 6.92 Å².